The zero-order chi connectivity index (χ0) is 21.9. The normalized spacial score (nSPS) is 13.9. The van der Waals surface area contributed by atoms with Gasteiger partial charge < -0.3 is 25.3 Å². The number of nitrogens with two attached hydrogens (primary N) is 1. The minimum Gasteiger partial charge on any atom is -0.457 e. The summed E-state index contributed by atoms with van der Waals surface area (Å²) in [7, 11) is 0. The third kappa shape index (κ3) is 4.00. The van der Waals surface area contributed by atoms with Crippen LogP contribution in [0.1, 0.15) is 0 Å². The molecule has 1 aliphatic heterocycles. The van der Waals surface area contributed by atoms with Gasteiger partial charge in [0.1, 0.15) is 35.8 Å². The highest BCUT2D eigenvalue weighted by Gasteiger charge is 2.20. The van der Waals surface area contributed by atoms with Crippen LogP contribution in [0.5, 0.6) is 11.5 Å². The number of nitrogens with zero attached hydrogens (tertiary/aromatic N) is 4. The van der Waals surface area contributed by atoms with Crippen molar-refractivity contribution < 1.29 is 9.53 Å². The Balaban J connectivity index is 1.45. The Morgan fingerprint density at radius 1 is 1.00 bits per heavy atom. The number of aromatic nitrogens is 3. The Morgan fingerprint density at radius 2 is 1.72 bits per heavy atom. The number of amides is 1. The highest BCUT2D eigenvalue weighted by atomic mass is 16.5. The van der Waals surface area contributed by atoms with Gasteiger partial charge in [-0.05, 0) is 29.8 Å². The van der Waals surface area contributed by atoms with Gasteiger partial charge >= 0.3 is 0 Å². The number of anilines is 1. The molecule has 32 heavy (non-hydrogen) atoms. The van der Waals surface area contributed by atoms with Crippen molar-refractivity contribution in [1.29, 1.82) is 0 Å². The molecule has 5 rings (SSSR count). The molecule has 8 heteroatoms. The first-order valence-corrected chi connectivity index (χ1v) is 10.6. The van der Waals surface area contributed by atoms with Crippen molar-refractivity contribution in [3.63, 3.8) is 0 Å². The molecule has 1 amide bonds. The summed E-state index contributed by atoms with van der Waals surface area (Å²) in [6.07, 6.45) is 3.37. The average molecular weight is 428 g/mol. The summed E-state index contributed by atoms with van der Waals surface area (Å²) in [5.74, 6) is 1.98. The highest BCUT2D eigenvalue weighted by molar-refractivity contribution is 6.01. The lowest BCUT2D eigenvalue weighted by atomic mass is 10.1. The summed E-state index contributed by atoms with van der Waals surface area (Å²) >= 11 is 0. The number of carbonyl (C=O) groups excluding carboxylic acids is 1. The Morgan fingerprint density at radius 3 is 2.47 bits per heavy atom. The van der Waals surface area contributed by atoms with Gasteiger partial charge in [0, 0.05) is 37.9 Å². The summed E-state index contributed by atoms with van der Waals surface area (Å²) in [6.45, 7) is 3.27. The van der Waals surface area contributed by atoms with Crippen molar-refractivity contribution in [3.05, 3.63) is 67.1 Å². The van der Waals surface area contributed by atoms with Crippen LogP contribution in [0, 0.1) is 0 Å². The zero-order valence-corrected chi connectivity index (χ0v) is 17.6. The van der Waals surface area contributed by atoms with E-state index in [9.17, 15) is 4.79 Å². The molecule has 4 aromatic rings. The third-order valence-electron chi connectivity index (χ3n) is 5.60. The molecule has 2 aromatic heterocycles. The maximum absolute atomic E-state index is 12.8. The van der Waals surface area contributed by atoms with E-state index in [0.717, 1.165) is 41.1 Å². The largest absolute Gasteiger partial charge is 0.457 e. The minimum atomic E-state index is 0.0683. The van der Waals surface area contributed by atoms with Crippen LogP contribution in [0.15, 0.2) is 67.1 Å². The number of benzene rings is 2. The summed E-state index contributed by atoms with van der Waals surface area (Å²) in [6, 6.07) is 17.4. The molecular weight excluding hydrogens is 404 g/mol. The van der Waals surface area contributed by atoms with Crippen LogP contribution in [0.3, 0.4) is 0 Å². The Labute approximate surface area is 185 Å². The van der Waals surface area contributed by atoms with Gasteiger partial charge in [-0.25, -0.2) is 9.97 Å². The van der Waals surface area contributed by atoms with Crippen molar-refractivity contribution in [2.24, 2.45) is 0 Å². The molecule has 0 saturated carbocycles. The molecule has 3 N–H and O–H groups in total. The van der Waals surface area contributed by atoms with Gasteiger partial charge in [-0.1, -0.05) is 30.3 Å². The topological polar surface area (TPSA) is 98.3 Å². The molecule has 3 heterocycles. The molecule has 2 aromatic carbocycles. The minimum absolute atomic E-state index is 0.0683. The molecule has 0 atom stereocenters. The fourth-order valence-electron chi connectivity index (χ4n) is 3.97. The molecule has 1 saturated heterocycles. The standard InChI is InChI=1S/C24H24N6O2/c25-23-22-20(17-6-8-19(9-7-17)32-18-4-2-1-3-5-18)14-30(24(22)28-16-27-23)15-21(31)29-12-10-26-11-13-29/h1-9,14,16,26H,10-13,15H2,(H2,25,27,28). The second-order valence-electron chi connectivity index (χ2n) is 7.70. The second-order valence-corrected chi connectivity index (χ2v) is 7.70. The molecule has 0 radical (unpaired) electrons. The molecule has 1 aliphatic rings. The molecule has 0 spiro atoms. The van der Waals surface area contributed by atoms with Crippen LogP contribution in [0.25, 0.3) is 22.2 Å². The number of piperazine rings is 1. The molecule has 0 unspecified atom stereocenters. The van der Waals surface area contributed by atoms with Crippen molar-refractivity contribution in [3.8, 4) is 22.6 Å². The number of hydrogen-bond acceptors (Lipinski definition) is 6. The van der Waals surface area contributed by atoms with Gasteiger partial charge in [-0.15, -0.1) is 0 Å². The monoisotopic (exact) mass is 428 g/mol. The van der Waals surface area contributed by atoms with E-state index in [1.165, 1.54) is 6.33 Å². The van der Waals surface area contributed by atoms with Crippen molar-refractivity contribution >= 4 is 22.8 Å². The fourth-order valence-corrected chi connectivity index (χ4v) is 3.97. The smallest absolute Gasteiger partial charge is 0.242 e. The van der Waals surface area contributed by atoms with Crippen molar-refractivity contribution in [2.45, 2.75) is 6.54 Å². The van der Waals surface area contributed by atoms with Gasteiger partial charge in [0.15, 0.2) is 0 Å². The van der Waals surface area contributed by atoms with Crippen LogP contribution >= 0.6 is 0 Å². The first-order valence-electron chi connectivity index (χ1n) is 10.6. The van der Waals surface area contributed by atoms with E-state index in [0.29, 0.717) is 24.6 Å². The van der Waals surface area contributed by atoms with Gasteiger partial charge in [0.2, 0.25) is 5.91 Å². The molecule has 162 valence electrons. The van der Waals surface area contributed by atoms with E-state index in [1.54, 1.807) is 0 Å². The lowest BCUT2D eigenvalue weighted by Gasteiger charge is -2.27. The summed E-state index contributed by atoms with van der Waals surface area (Å²) in [5, 5.41) is 4.02. The lowest BCUT2D eigenvalue weighted by Crippen LogP contribution is -2.47. The second kappa shape index (κ2) is 8.68. The Kier molecular flexibility index (Phi) is 5.43. The number of nitrogen functional groups attached to an aromatic ring is 1. The molecule has 1 fully saturated rings. The highest BCUT2D eigenvalue weighted by Crippen LogP contribution is 2.34. The van der Waals surface area contributed by atoms with E-state index in [4.69, 9.17) is 10.5 Å². The number of nitrogens with one attached hydrogen (secondary N) is 1. The number of hydrogen-bond donors (Lipinski definition) is 2. The Bertz CT molecular complexity index is 1230. The van der Waals surface area contributed by atoms with Crippen LogP contribution in [-0.2, 0) is 11.3 Å². The van der Waals surface area contributed by atoms with Crippen molar-refractivity contribution in [2.75, 3.05) is 31.9 Å². The average Bonchev–Trinajstić information content (AvgIpc) is 3.20. The summed E-state index contributed by atoms with van der Waals surface area (Å²) < 4.78 is 7.76. The van der Waals surface area contributed by atoms with E-state index < -0.39 is 0 Å². The number of ether oxygens (including phenoxy) is 1. The van der Waals surface area contributed by atoms with Gasteiger partial charge in [-0.3, -0.25) is 4.79 Å². The number of rotatable bonds is 5. The fraction of sp³-hybridized carbons (Fsp3) is 0.208. The first kappa shape index (κ1) is 20.0. The van der Waals surface area contributed by atoms with Gasteiger partial charge in [-0.2, -0.15) is 0 Å². The van der Waals surface area contributed by atoms with Crippen molar-refractivity contribution in [1.82, 2.24) is 24.8 Å². The van der Waals surface area contributed by atoms with Gasteiger partial charge in [0.25, 0.3) is 0 Å². The number of fused-ring (bicyclic) bond motifs is 1. The van der Waals surface area contributed by atoms with Crippen LogP contribution in [0.2, 0.25) is 0 Å². The third-order valence-corrected chi connectivity index (χ3v) is 5.60. The lowest BCUT2D eigenvalue weighted by molar-refractivity contribution is -0.132. The van der Waals surface area contributed by atoms with E-state index >= 15 is 0 Å². The van der Waals surface area contributed by atoms with E-state index in [2.05, 4.69) is 15.3 Å². The summed E-state index contributed by atoms with van der Waals surface area (Å²) in [4.78, 5) is 23.3. The Hall–Kier alpha value is -3.91. The number of para-hydroxylation sites is 1. The summed E-state index contributed by atoms with van der Waals surface area (Å²) in [5.41, 5.74) is 8.71. The molecule has 8 nitrogen and oxygen atoms in total. The van der Waals surface area contributed by atoms with Crippen LogP contribution in [0.4, 0.5) is 5.82 Å². The molecule has 0 bridgehead atoms. The van der Waals surface area contributed by atoms with E-state index in [1.807, 2.05) is 70.3 Å². The predicted octanol–water partition coefficient (Wildman–Crippen LogP) is 2.90. The predicted molar refractivity (Wildman–Crippen MR) is 123 cm³/mol. The maximum Gasteiger partial charge on any atom is 0.242 e. The quantitative estimate of drug-likeness (QED) is 0.507. The maximum atomic E-state index is 12.8. The SMILES string of the molecule is Nc1ncnc2c1c(-c1ccc(Oc3ccccc3)cc1)cn2CC(=O)N1CCNCC1. The first-order chi connectivity index (χ1) is 15.7. The zero-order valence-electron chi connectivity index (χ0n) is 17.6. The van der Waals surface area contributed by atoms with Gasteiger partial charge in [0.05, 0.1) is 5.39 Å². The van der Waals surface area contributed by atoms with E-state index in [-0.39, 0.29) is 12.5 Å². The molecule has 0 aliphatic carbocycles. The number of carbonyl (C=O) groups is 1. The van der Waals surface area contributed by atoms with Crippen LogP contribution in [-0.4, -0.2) is 51.5 Å². The van der Waals surface area contributed by atoms with Crippen LogP contribution < -0.4 is 15.8 Å². The molecular formula is C24H24N6O2.